The van der Waals surface area contributed by atoms with E-state index < -0.39 is 24.2 Å². The quantitative estimate of drug-likeness (QED) is 0.334. The number of amides is 1. The molecule has 2 aliphatic carbocycles. The highest BCUT2D eigenvalue weighted by Gasteiger charge is 2.66. The van der Waals surface area contributed by atoms with Crippen molar-refractivity contribution in [2.75, 3.05) is 49.1 Å². The van der Waals surface area contributed by atoms with Crippen molar-refractivity contribution in [2.24, 2.45) is 11.3 Å². The Labute approximate surface area is 253 Å². The number of aromatic nitrogens is 2. The van der Waals surface area contributed by atoms with Gasteiger partial charge in [-0.2, -0.15) is 5.10 Å². The number of carbonyl (C=O) groups is 2. The summed E-state index contributed by atoms with van der Waals surface area (Å²) < 4.78 is 32.1. The molecule has 2 atom stereocenters. The molecule has 3 heterocycles. The van der Waals surface area contributed by atoms with Crippen molar-refractivity contribution in [3.63, 3.8) is 0 Å². The molecule has 1 amide bonds. The van der Waals surface area contributed by atoms with E-state index in [9.17, 15) is 18.4 Å². The Balaban J connectivity index is 1.02. The van der Waals surface area contributed by atoms with Gasteiger partial charge in [0.15, 0.2) is 0 Å². The van der Waals surface area contributed by atoms with Crippen LogP contribution in [0.3, 0.4) is 0 Å². The van der Waals surface area contributed by atoms with Gasteiger partial charge in [0.05, 0.1) is 12.7 Å². The predicted octanol–water partition coefficient (Wildman–Crippen LogP) is 5.94. The molecule has 1 aromatic heterocycles. The van der Waals surface area contributed by atoms with Crippen LogP contribution in [0.4, 0.5) is 20.2 Å². The van der Waals surface area contributed by atoms with Crippen LogP contribution in [-0.2, 0) is 9.53 Å². The molecule has 2 aliphatic heterocycles. The highest BCUT2D eigenvalue weighted by atomic mass is 35.5. The van der Waals surface area contributed by atoms with Crippen molar-refractivity contribution < 1.29 is 23.1 Å². The van der Waals surface area contributed by atoms with Gasteiger partial charge in [0.2, 0.25) is 5.91 Å². The number of anilines is 2. The summed E-state index contributed by atoms with van der Waals surface area (Å²) in [7, 11) is 0. The van der Waals surface area contributed by atoms with Crippen LogP contribution in [0.5, 0.6) is 0 Å². The van der Waals surface area contributed by atoms with Crippen LogP contribution in [0, 0.1) is 11.3 Å². The van der Waals surface area contributed by atoms with E-state index in [0.717, 1.165) is 74.3 Å². The number of halogens is 3. The lowest BCUT2D eigenvalue weighted by atomic mass is 10.00. The van der Waals surface area contributed by atoms with Crippen molar-refractivity contribution in [1.82, 2.24) is 15.1 Å². The number of nitrogens with zero attached hydrogens (tertiary/aromatic N) is 4. The molecule has 2 saturated heterocycles. The zero-order chi connectivity index (χ0) is 29.7. The molecule has 8 nitrogen and oxygen atoms in total. The zero-order valence-corrected chi connectivity index (χ0v) is 24.5. The normalized spacial score (nSPS) is 22.7. The number of alkyl halides is 2. The van der Waals surface area contributed by atoms with Crippen LogP contribution < -0.4 is 9.80 Å². The second kappa shape index (κ2) is 11.1. The Morgan fingerprint density at radius 1 is 1.02 bits per heavy atom. The number of ether oxygens (including phenoxy) is 1. The molecule has 2 saturated carbocycles. The van der Waals surface area contributed by atoms with Crippen LogP contribution in [0.25, 0.3) is 11.1 Å². The van der Waals surface area contributed by atoms with Crippen molar-refractivity contribution >= 4 is 34.9 Å². The summed E-state index contributed by atoms with van der Waals surface area (Å²) in [5.41, 5.74) is 3.72. The smallest absolute Gasteiger partial charge is 0.342 e. The van der Waals surface area contributed by atoms with Crippen molar-refractivity contribution in [1.29, 1.82) is 0 Å². The van der Waals surface area contributed by atoms with Crippen LogP contribution in [0.2, 0.25) is 5.02 Å². The van der Waals surface area contributed by atoms with E-state index in [1.807, 2.05) is 18.2 Å². The molecule has 4 fully saturated rings. The number of nitrogens with one attached hydrogen (secondary N) is 1. The first-order valence-electron chi connectivity index (χ1n) is 15.0. The van der Waals surface area contributed by atoms with Gasteiger partial charge in [-0.15, -0.1) is 0 Å². The number of carbonyl (C=O) groups excluding carboxylic acids is 2. The molecule has 226 valence electrons. The van der Waals surface area contributed by atoms with Gasteiger partial charge in [0, 0.05) is 60.6 Å². The number of piperazine rings is 1. The highest BCUT2D eigenvalue weighted by Crippen LogP contribution is 2.71. The maximum atomic E-state index is 13.2. The van der Waals surface area contributed by atoms with Gasteiger partial charge in [-0.3, -0.25) is 9.89 Å². The average molecular weight is 610 g/mol. The lowest BCUT2D eigenvalue weighted by molar-refractivity contribution is -0.133. The summed E-state index contributed by atoms with van der Waals surface area (Å²) in [6.45, 7) is 4.34. The predicted molar refractivity (Wildman–Crippen MR) is 160 cm³/mol. The SMILES string of the molecule is O=C(OC1CCCN(c2cc(Cl)ccc2-c2ccc(N3CCN(C(=O)C4CC45CC5)CC3)cc2)C1)c1cn[nH]c1C(F)F. The van der Waals surface area contributed by atoms with E-state index >= 15 is 0 Å². The maximum Gasteiger partial charge on any atom is 0.342 e. The van der Waals surface area contributed by atoms with Crippen LogP contribution in [-0.4, -0.2) is 72.3 Å². The molecule has 0 radical (unpaired) electrons. The van der Waals surface area contributed by atoms with E-state index in [0.29, 0.717) is 29.3 Å². The number of H-pyrrole nitrogens is 1. The summed E-state index contributed by atoms with van der Waals surface area (Å²) in [5.74, 6) is -0.164. The monoisotopic (exact) mass is 609 g/mol. The van der Waals surface area contributed by atoms with Gasteiger partial charge in [-0.1, -0.05) is 29.8 Å². The van der Waals surface area contributed by atoms with Crippen LogP contribution in [0.15, 0.2) is 48.7 Å². The first kappa shape index (κ1) is 28.1. The lowest BCUT2D eigenvalue weighted by Crippen LogP contribution is -2.49. The molecule has 43 heavy (non-hydrogen) atoms. The topological polar surface area (TPSA) is 81.8 Å². The maximum absolute atomic E-state index is 13.2. The fourth-order valence-corrected chi connectivity index (χ4v) is 6.94. The zero-order valence-electron chi connectivity index (χ0n) is 23.8. The van der Waals surface area contributed by atoms with Crippen LogP contribution in [0.1, 0.15) is 54.6 Å². The fourth-order valence-electron chi connectivity index (χ4n) is 6.77. The summed E-state index contributed by atoms with van der Waals surface area (Å²) in [6.07, 6.45) is 2.73. The van der Waals surface area contributed by atoms with Gasteiger partial charge >= 0.3 is 5.97 Å². The number of benzene rings is 2. The van der Waals surface area contributed by atoms with Crippen LogP contribution >= 0.6 is 11.6 Å². The van der Waals surface area contributed by atoms with E-state index in [1.165, 1.54) is 12.8 Å². The molecule has 1 N–H and O–H groups in total. The largest absolute Gasteiger partial charge is 0.457 e. The number of hydrogen-bond acceptors (Lipinski definition) is 6. The summed E-state index contributed by atoms with van der Waals surface area (Å²) in [6, 6.07) is 14.2. The first-order valence-corrected chi connectivity index (χ1v) is 15.4. The standard InChI is InChI=1S/C32H34ClF2N5O3/c33-21-5-8-24(27(16-21)40-11-1-2-23(19-40)43-31(42)25-18-36-37-28(25)29(34)35)20-3-6-22(7-4-20)38-12-14-39(15-13-38)30(41)26-17-32(26)9-10-32/h3-8,16,18,23,26,29H,1-2,9-15,17,19H2,(H,36,37). The summed E-state index contributed by atoms with van der Waals surface area (Å²) in [4.78, 5) is 32.1. The minimum absolute atomic E-state index is 0.238. The molecule has 2 aromatic carbocycles. The highest BCUT2D eigenvalue weighted by molar-refractivity contribution is 6.31. The van der Waals surface area contributed by atoms with E-state index in [-0.39, 0.29) is 11.5 Å². The summed E-state index contributed by atoms with van der Waals surface area (Å²) >= 11 is 6.43. The number of esters is 1. The van der Waals surface area contributed by atoms with Gasteiger partial charge in [0.25, 0.3) is 6.43 Å². The molecule has 3 aromatic rings. The molecule has 4 aliphatic rings. The van der Waals surface area contributed by atoms with Gasteiger partial charge in [-0.05, 0) is 67.3 Å². The Kier molecular flexibility index (Phi) is 7.27. The Bertz CT molecular complexity index is 1520. The van der Waals surface area contributed by atoms with Crippen molar-refractivity contribution in [2.45, 2.75) is 44.6 Å². The second-order valence-electron chi connectivity index (χ2n) is 12.3. The number of aromatic amines is 1. The Morgan fingerprint density at radius 3 is 2.49 bits per heavy atom. The van der Waals surface area contributed by atoms with Crippen molar-refractivity contribution in [3.05, 3.63) is 64.9 Å². The second-order valence-corrected chi connectivity index (χ2v) is 12.7. The number of rotatable bonds is 7. The Hall–Kier alpha value is -3.66. The third kappa shape index (κ3) is 5.57. The molecular formula is C32H34ClF2N5O3. The van der Waals surface area contributed by atoms with Crippen molar-refractivity contribution in [3.8, 4) is 11.1 Å². The Morgan fingerprint density at radius 2 is 1.79 bits per heavy atom. The molecule has 11 heteroatoms. The first-order chi connectivity index (χ1) is 20.8. The number of hydrogen-bond donors (Lipinski definition) is 1. The van der Waals surface area contributed by atoms with Gasteiger partial charge < -0.3 is 19.4 Å². The third-order valence-electron chi connectivity index (χ3n) is 9.57. The van der Waals surface area contributed by atoms with Gasteiger partial charge in [-0.25, -0.2) is 13.6 Å². The minimum Gasteiger partial charge on any atom is -0.457 e. The molecule has 1 spiro atoms. The molecule has 7 rings (SSSR count). The fraction of sp³-hybridized carbons (Fsp3) is 0.469. The number of piperidine rings is 1. The average Bonchev–Trinajstić information content (AvgIpc) is 3.90. The third-order valence-corrected chi connectivity index (χ3v) is 9.81. The molecular weight excluding hydrogens is 576 g/mol. The molecule has 0 bridgehead atoms. The molecule has 2 unspecified atom stereocenters. The minimum atomic E-state index is -2.84. The van der Waals surface area contributed by atoms with E-state index in [1.54, 1.807) is 0 Å². The summed E-state index contributed by atoms with van der Waals surface area (Å²) in [5, 5.41) is 6.37. The lowest BCUT2D eigenvalue weighted by Gasteiger charge is -2.36. The van der Waals surface area contributed by atoms with E-state index in [2.05, 4.69) is 49.2 Å². The van der Waals surface area contributed by atoms with E-state index in [4.69, 9.17) is 16.3 Å². The van der Waals surface area contributed by atoms with Gasteiger partial charge in [0.1, 0.15) is 17.4 Å².